The highest BCUT2D eigenvalue weighted by Crippen LogP contribution is 2.26. The fourth-order valence-corrected chi connectivity index (χ4v) is 1.41. The second kappa shape index (κ2) is 3.24. The number of nitro groups is 1. The molecular formula is C6H4NO6S-. The van der Waals surface area contributed by atoms with Gasteiger partial charge in [-0.2, -0.15) is 0 Å². The number of phenolic OH excluding ortho intramolecular Hbond substituents is 1. The summed E-state index contributed by atoms with van der Waals surface area (Å²) in [6.07, 6.45) is 0. The predicted octanol–water partition coefficient (Wildman–Crippen LogP) is 0.205. The normalized spacial score (nSPS) is 11.2. The van der Waals surface area contributed by atoms with Crippen molar-refractivity contribution in [1.29, 1.82) is 0 Å². The molecule has 1 N–H and O–H groups in total. The zero-order valence-electron chi connectivity index (χ0n) is 6.58. The van der Waals surface area contributed by atoms with Crippen LogP contribution in [0.4, 0.5) is 5.69 Å². The molecule has 0 aliphatic carbocycles. The van der Waals surface area contributed by atoms with Crippen molar-refractivity contribution in [3.05, 3.63) is 28.3 Å². The van der Waals surface area contributed by atoms with Crippen molar-refractivity contribution in [2.75, 3.05) is 0 Å². The maximum atomic E-state index is 10.5. The number of hydrogen-bond donors (Lipinski definition) is 1. The van der Waals surface area contributed by atoms with Crippen molar-refractivity contribution in [3.63, 3.8) is 0 Å². The van der Waals surface area contributed by atoms with E-state index in [9.17, 15) is 23.1 Å². The minimum Gasteiger partial charge on any atom is -0.744 e. The van der Waals surface area contributed by atoms with Crippen LogP contribution in [0.2, 0.25) is 0 Å². The van der Waals surface area contributed by atoms with E-state index in [0.29, 0.717) is 6.07 Å². The maximum Gasteiger partial charge on any atom is 0.270 e. The van der Waals surface area contributed by atoms with Crippen LogP contribution in [0.1, 0.15) is 0 Å². The lowest BCUT2D eigenvalue weighted by atomic mass is 10.3. The summed E-state index contributed by atoms with van der Waals surface area (Å²) >= 11 is 0. The van der Waals surface area contributed by atoms with Crippen molar-refractivity contribution < 1.29 is 23.0 Å². The van der Waals surface area contributed by atoms with Crippen LogP contribution in [0, 0.1) is 10.1 Å². The lowest BCUT2D eigenvalue weighted by Gasteiger charge is -2.07. The molecule has 0 aliphatic heterocycles. The van der Waals surface area contributed by atoms with Crippen molar-refractivity contribution in [3.8, 4) is 5.75 Å². The Balaban J connectivity index is 3.44. The molecule has 0 unspecified atom stereocenters. The minimum atomic E-state index is -4.89. The van der Waals surface area contributed by atoms with Crippen LogP contribution in [0.5, 0.6) is 5.75 Å². The molecule has 0 aliphatic rings. The summed E-state index contributed by atoms with van der Waals surface area (Å²) in [4.78, 5) is 8.36. The molecule has 0 aromatic heterocycles. The van der Waals surface area contributed by atoms with E-state index in [1.54, 1.807) is 0 Å². The Hall–Kier alpha value is -1.67. The van der Waals surface area contributed by atoms with Gasteiger partial charge in [-0.15, -0.1) is 0 Å². The van der Waals surface area contributed by atoms with Gasteiger partial charge < -0.3 is 9.66 Å². The predicted molar refractivity (Wildman–Crippen MR) is 42.7 cm³/mol. The Kier molecular flexibility index (Phi) is 2.41. The molecule has 0 spiro atoms. The molecule has 0 saturated heterocycles. The molecule has 8 heteroatoms. The molecule has 1 rings (SSSR count). The Bertz CT molecular complexity index is 479. The summed E-state index contributed by atoms with van der Waals surface area (Å²) in [5.74, 6) is -0.800. The monoisotopic (exact) mass is 218 g/mol. The summed E-state index contributed by atoms with van der Waals surface area (Å²) in [5.41, 5.74) is -0.572. The van der Waals surface area contributed by atoms with E-state index < -0.39 is 31.4 Å². The van der Waals surface area contributed by atoms with Gasteiger partial charge in [0, 0.05) is 12.1 Å². The van der Waals surface area contributed by atoms with E-state index in [2.05, 4.69) is 0 Å². The van der Waals surface area contributed by atoms with Crippen LogP contribution in [0.3, 0.4) is 0 Å². The highest BCUT2D eigenvalue weighted by atomic mass is 32.2. The third-order valence-corrected chi connectivity index (χ3v) is 2.29. The van der Waals surface area contributed by atoms with E-state index in [0.717, 1.165) is 12.1 Å². The molecule has 0 radical (unpaired) electrons. The zero-order chi connectivity index (χ0) is 10.9. The first-order valence-corrected chi connectivity index (χ1v) is 4.66. The van der Waals surface area contributed by atoms with Gasteiger partial charge in [0.1, 0.15) is 20.8 Å². The van der Waals surface area contributed by atoms with Crippen molar-refractivity contribution in [1.82, 2.24) is 0 Å². The molecule has 1 aromatic carbocycles. The lowest BCUT2D eigenvalue weighted by Crippen LogP contribution is -2.00. The van der Waals surface area contributed by atoms with Gasteiger partial charge in [-0.3, -0.25) is 10.1 Å². The Morgan fingerprint density at radius 3 is 2.36 bits per heavy atom. The number of aromatic hydroxyl groups is 1. The van der Waals surface area contributed by atoms with E-state index >= 15 is 0 Å². The summed E-state index contributed by atoms with van der Waals surface area (Å²) in [7, 11) is -4.89. The first-order chi connectivity index (χ1) is 6.32. The summed E-state index contributed by atoms with van der Waals surface area (Å²) in [6.45, 7) is 0. The molecule has 1 aromatic rings. The summed E-state index contributed by atoms with van der Waals surface area (Å²) in [5, 5.41) is 19.2. The summed E-state index contributed by atoms with van der Waals surface area (Å²) in [6, 6.07) is 2.19. The fraction of sp³-hybridized carbons (Fsp3) is 0. The third kappa shape index (κ3) is 1.98. The smallest absolute Gasteiger partial charge is 0.270 e. The van der Waals surface area contributed by atoms with Crippen LogP contribution in [0.25, 0.3) is 0 Å². The highest BCUT2D eigenvalue weighted by molar-refractivity contribution is 7.85. The second-order valence-electron chi connectivity index (χ2n) is 2.36. The molecule has 0 fully saturated rings. The van der Waals surface area contributed by atoms with Gasteiger partial charge in [-0.05, 0) is 6.07 Å². The van der Waals surface area contributed by atoms with Crippen LogP contribution in [0.15, 0.2) is 23.1 Å². The topological polar surface area (TPSA) is 121 Å². The number of hydrogen-bond acceptors (Lipinski definition) is 6. The fourth-order valence-electron chi connectivity index (χ4n) is 0.817. The molecule has 0 atom stereocenters. The first kappa shape index (κ1) is 10.4. The molecular weight excluding hydrogens is 214 g/mol. The number of benzene rings is 1. The molecule has 0 saturated carbocycles. The van der Waals surface area contributed by atoms with Crippen molar-refractivity contribution in [2.24, 2.45) is 0 Å². The summed E-state index contributed by atoms with van der Waals surface area (Å²) < 4.78 is 31.5. The second-order valence-corrected chi connectivity index (χ2v) is 3.71. The first-order valence-electron chi connectivity index (χ1n) is 3.25. The van der Waals surface area contributed by atoms with E-state index in [1.165, 1.54) is 0 Å². The van der Waals surface area contributed by atoms with Gasteiger partial charge in [0.2, 0.25) is 0 Å². The average molecular weight is 218 g/mol. The maximum absolute atomic E-state index is 10.5. The Morgan fingerprint density at radius 2 is 1.93 bits per heavy atom. The molecule has 7 nitrogen and oxygen atoms in total. The van der Waals surface area contributed by atoms with Crippen LogP contribution in [-0.4, -0.2) is 23.0 Å². The quantitative estimate of drug-likeness (QED) is 0.430. The number of phenols is 1. The average Bonchev–Trinajstić information content (AvgIpc) is 2.02. The highest BCUT2D eigenvalue weighted by Gasteiger charge is 2.14. The Labute approximate surface area is 78.5 Å². The van der Waals surface area contributed by atoms with E-state index in [1.807, 2.05) is 0 Å². The van der Waals surface area contributed by atoms with Crippen LogP contribution >= 0.6 is 0 Å². The van der Waals surface area contributed by atoms with Gasteiger partial charge in [0.15, 0.2) is 0 Å². The number of rotatable bonds is 2. The number of nitro benzene ring substituents is 1. The molecule has 76 valence electrons. The zero-order valence-corrected chi connectivity index (χ0v) is 7.39. The van der Waals surface area contributed by atoms with Gasteiger partial charge in [-0.1, -0.05) is 0 Å². The number of nitrogens with zero attached hydrogens (tertiary/aromatic N) is 1. The van der Waals surface area contributed by atoms with Gasteiger partial charge in [0.25, 0.3) is 5.69 Å². The Morgan fingerprint density at radius 1 is 1.36 bits per heavy atom. The molecule has 0 heterocycles. The lowest BCUT2D eigenvalue weighted by molar-refractivity contribution is -0.385. The van der Waals surface area contributed by atoms with Crippen LogP contribution in [-0.2, 0) is 10.1 Å². The SMILES string of the molecule is O=[N+]([O-])c1ccc(O)c(S(=O)(=O)[O-])c1. The van der Waals surface area contributed by atoms with Gasteiger partial charge >= 0.3 is 0 Å². The van der Waals surface area contributed by atoms with Crippen LogP contribution < -0.4 is 0 Å². The van der Waals surface area contributed by atoms with Crippen molar-refractivity contribution >= 4 is 15.8 Å². The molecule has 14 heavy (non-hydrogen) atoms. The standard InChI is InChI=1S/C6H5NO6S/c8-5-2-1-4(7(9)10)3-6(5)14(11,12)13/h1-3,8H,(H,11,12,13)/p-1. The molecule has 0 amide bonds. The van der Waals surface area contributed by atoms with Crippen molar-refractivity contribution in [2.45, 2.75) is 4.90 Å². The third-order valence-electron chi connectivity index (χ3n) is 1.42. The molecule has 0 bridgehead atoms. The van der Waals surface area contributed by atoms with E-state index in [-0.39, 0.29) is 0 Å². The van der Waals surface area contributed by atoms with E-state index in [4.69, 9.17) is 5.11 Å². The minimum absolute atomic E-state index is 0.512. The largest absolute Gasteiger partial charge is 0.744 e. The van der Waals surface area contributed by atoms with Gasteiger partial charge in [0.05, 0.1) is 4.92 Å². The number of non-ortho nitro benzene ring substituents is 1. The van der Waals surface area contributed by atoms with Gasteiger partial charge in [-0.25, -0.2) is 8.42 Å².